The van der Waals surface area contributed by atoms with Crippen LogP contribution >= 0.6 is 11.3 Å². The van der Waals surface area contributed by atoms with Gasteiger partial charge in [-0.15, -0.1) is 11.3 Å². The fraction of sp³-hybridized carbons (Fsp3) is 0.0909. The van der Waals surface area contributed by atoms with Gasteiger partial charge in [0.25, 0.3) is 5.91 Å². The number of aromatic nitrogens is 1. The summed E-state index contributed by atoms with van der Waals surface area (Å²) in [5.41, 5.74) is -1.42. The fourth-order valence-corrected chi connectivity index (χ4v) is 2.11. The molecule has 2 aromatic rings. The summed E-state index contributed by atoms with van der Waals surface area (Å²) in [6.07, 6.45) is -4.86. The fourth-order valence-electron chi connectivity index (χ4n) is 1.41. The highest BCUT2D eigenvalue weighted by Crippen LogP contribution is 2.33. The number of alkyl halides is 3. The molecule has 1 amide bonds. The van der Waals surface area contributed by atoms with E-state index in [9.17, 15) is 31.1 Å². The van der Waals surface area contributed by atoms with Crippen LogP contribution in [-0.4, -0.2) is 10.9 Å². The van der Waals surface area contributed by atoms with Gasteiger partial charge in [0.05, 0.1) is 11.2 Å². The van der Waals surface area contributed by atoms with Crippen LogP contribution in [0.15, 0.2) is 17.6 Å². The second kappa shape index (κ2) is 5.35. The van der Waals surface area contributed by atoms with Gasteiger partial charge in [-0.05, 0) is 12.1 Å². The van der Waals surface area contributed by atoms with E-state index >= 15 is 0 Å². The van der Waals surface area contributed by atoms with Crippen molar-refractivity contribution in [1.82, 2.24) is 4.98 Å². The number of anilines is 1. The molecule has 0 saturated carbocycles. The molecule has 1 aromatic heterocycles. The van der Waals surface area contributed by atoms with Gasteiger partial charge in [-0.3, -0.25) is 4.79 Å². The summed E-state index contributed by atoms with van der Waals surface area (Å²) >= 11 is 0.384. The molecule has 0 fully saturated rings. The van der Waals surface area contributed by atoms with Gasteiger partial charge < -0.3 is 5.32 Å². The number of halogens is 6. The number of hydrogen-bond donors (Lipinski definition) is 1. The SMILES string of the molecule is O=C(Nc1ccc(F)c(F)c1F)c1scnc1C(F)(F)F. The average Bonchev–Trinajstić information content (AvgIpc) is 2.89. The summed E-state index contributed by atoms with van der Waals surface area (Å²) in [6.45, 7) is 0. The molecule has 3 nitrogen and oxygen atoms in total. The maximum absolute atomic E-state index is 13.3. The zero-order chi connectivity index (χ0) is 15.8. The molecule has 0 aliphatic carbocycles. The van der Waals surface area contributed by atoms with Crippen molar-refractivity contribution in [2.45, 2.75) is 6.18 Å². The van der Waals surface area contributed by atoms with Crippen molar-refractivity contribution in [3.63, 3.8) is 0 Å². The molecule has 2 rings (SSSR count). The maximum atomic E-state index is 13.3. The lowest BCUT2D eigenvalue weighted by Crippen LogP contribution is -2.18. The number of amides is 1. The summed E-state index contributed by atoms with van der Waals surface area (Å²) in [4.78, 5) is 13.9. The van der Waals surface area contributed by atoms with Gasteiger partial charge in [0.2, 0.25) is 0 Å². The molecule has 0 atom stereocenters. The number of hydrogen-bond acceptors (Lipinski definition) is 3. The van der Waals surface area contributed by atoms with E-state index in [0.29, 0.717) is 23.5 Å². The molecule has 10 heteroatoms. The number of nitrogens with one attached hydrogen (secondary N) is 1. The van der Waals surface area contributed by atoms with E-state index in [4.69, 9.17) is 0 Å². The molecule has 1 N–H and O–H groups in total. The van der Waals surface area contributed by atoms with E-state index in [1.807, 2.05) is 0 Å². The molecule has 0 saturated heterocycles. The van der Waals surface area contributed by atoms with Crippen LogP contribution in [0.1, 0.15) is 15.4 Å². The molecule has 1 heterocycles. The average molecular weight is 326 g/mol. The Labute approximate surface area is 117 Å². The van der Waals surface area contributed by atoms with Gasteiger partial charge in [0, 0.05) is 0 Å². The normalized spacial score (nSPS) is 11.5. The molecular formula is C11H4F6N2OS. The first kappa shape index (κ1) is 15.3. The Hall–Kier alpha value is -2.10. The minimum absolute atomic E-state index is 0.384. The van der Waals surface area contributed by atoms with Crippen LogP contribution in [0.2, 0.25) is 0 Å². The Bertz CT molecular complexity index is 697. The van der Waals surface area contributed by atoms with Crippen LogP contribution in [-0.2, 0) is 6.18 Å². The Balaban J connectivity index is 2.32. The zero-order valence-electron chi connectivity index (χ0n) is 9.76. The van der Waals surface area contributed by atoms with E-state index < -0.39 is 45.8 Å². The van der Waals surface area contributed by atoms with Crippen LogP contribution in [0.5, 0.6) is 0 Å². The highest BCUT2D eigenvalue weighted by molar-refractivity contribution is 7.12. The van der Waals surface area contributed by atoms with Crippen molar-refractivity contribution in [3.05, 3.63) is 45.7 Å². The number of carbonyl (C=O) groups is 1. The number of carbonyl (C=O) groups excluding carboxylic acids is 1. The van der Waals surface area contributed by atoms with Gasteiger partial charge in [-0.2, -0.15) is 13.2 Å². The maximum Gasteiger partial charge on any atom is 0.434 e. The third kappa shape index (κ3) is 2.99. The predicted octanol–water partition coefficient (Wildman–Crippen LogP) is 3.83. The molecule has 0 bridgehead atoms. The van der Waals surface area contributed by atoms with E-state index in [1.54, 1.807) is 5.32 Å². The molecule has 112 valence electrons. The predicted molar refractivity (Wildman–Crippen MR) is 61.4 cm³/mol. The number of rotatable bonds is 2. The lowest BCUT2D eigenvalue weighted by Gasteiger charge is -2.08. The molecule has 0 spiro atoms. The van der Waals surface area contributed by atoms with Crippen molar-refractivity contribution < 1.29 is 31.1 Å². The lowest BCUT2D eigenvalue weighted by atomic mass is 10.2. The summed E-state index contributed by atoms with van der Waals surface area (Å²) < 4.78 is 76.7. The first-order chi connectivity index (χ1) is 9.71. The second-order valence-corrected chi connectivity index (χ2v) is 4.56. The topological polar surface area (TPSA) is 42.0 Å². The van der Waals surface area contributed by atoms with Crippen LogP contribution in [0.25, 0.3) is 0 Å². The molecule has 0 aliphatic rings. The third-order valence-electron chi connectivity index (χ3n) is 2.33. The minimum atomic E-state index is -4.86. The van der Waals surface area contributed by atoms with Gasteiger partial charge >= 0.3 is 6.18 Å². The van der Waals surface area contributed by atoms with Crippen LogP contribution in [0.4, 0.5) is 32.0 Å². The first-order valence-electron chi connectivity index (χ1n) is 5.17. The summed E-state index contributed by atoms with van der Waals surface area (Å²) in [5.74, 6) is -6.36. The lowest BCUT2D eigenvalue weighted by molar-refractivity contribution is -0.141. The third-order valence-corrected chi connectivity index (χ3v) is 3.15. The Kier molecular flexibility index (Phi) is 3.90. The number of benzene rings is 1. The molecule has 0 unspecified atom stereocenters. The van der Waals surface area contributed by atoms with Crippen molar-refractivity contribution in [3.8, 4) is 0 Å². The molecular weight excluding hydrogens is 322 g/mol. The Morgan fingerprint density at radius 2 is 1.81 bits per heavy atom. The standard InChI is InChI=1S/C11H4F6N2OS/c12-4-1-2-5(7(14)6(4)13)19-10(20)8-9(11(15,16)17)18-3-21-8/h1-3H,(H,19,20). The largest absolute Gasteiger partial charge is 0.434 e. The molecule has 1 aromatic carbocycles. The van der Waals surface area contributed by atoms with Crippen LogP contribution in [0, 0.1) is 17.5 Å². The van der Waals surface area contributed by atoms with Gasteiger partial charge in [0.1, 0.15) is 4.88 Å². The summed E-state index contributed by atoms with van der Waals surface area (Å²) in [7, 11) is 0. The molecule has 0 radical (unpaired) electrons. The van der Waals surface area contributed by atoms with Crippen molar-refractivity contribution in [1.29, 1.82) is 0 Å². The first-order valence-corrected chi connectivity index (χ1v) is 6.05. The molecule has 21 heavy (non-hydrogen) atoms. The quantitative estimate of drug-likeness (QED) is 0.673. The van der Waals surface area contributed by atoms with E-state index in [1.165, 1.54) is 0 Å². The molecule has 0 aliphatic heterocycles. The van der Waals surface area contributed by atoms with E-state index in [-0.39, 0.29) is 0 Å². The Morgan fingerprint density at radius 3 is 2.43 bits per heavy atom. The van der Waals surface area contributed by atoms with Crippen molar-refractivity contribution in [2.24, 2.45) is 0 Å². The highest BCUT2D eigenvalue weighted by Gasteiger charge is 2.38. The van der Waals surface area contributed by atoms with Gasteiger partial charge in [-0.25, -0.2) is 18.2 Å². The smallest absolute Gasteiger partial charge is 0.319 e. The van der Waals surface area contributed by atoms with E-state index in [0.717, 1.165) is 5.51 Å². The zero-order valence-corrected chi connectivity index (χ0v) is 10.6. The second-order valence-electron chi connectivity index (χ2n) is 3.70. The van der Waals surface area contributed by atoms with Crippen LogP contribution in [0.3, 0.4) is 0 Å². The van der Waals surface area contributed by atoms with Crippen molar-refractivity contribution in [2.75, 3.05) is 5.32 Å². The monoisotopic (exact) mass is 326 g/mol. The minimum Gasteiger partial charge on any atom is -0.319 e. The van der Waals surface area contributed by atoms with Crippen LogP contribution < -0.4 is 5.32 Å². The number of nitrogens with zero attached hydrogens (tertiary/aromatic N) is 1. The van der Waals surface area contributed by atoms with Crippen molar-refractivity contribution >= 4 is 22.9 Å². The summed E-state index contributed by atoms with van der Waals surface area (Å²) in [5, 5.41) is 1.74. The summed E-state index contributed by atoms with van der Waals surface area (Å²) in [6, 6.07) is 1.23. The van der Waals surface area contributed by atoms with Gasteiger partial charge in [0.15, 0.2) is 23.1 Å². The van der Waals surface area contributed by atoms with E-state index in [2.05, 4.69) is 4.98 Å². The van der Waals surface area contributed by atoms with Gasteiger partial charge in [-0.1, -0.05) is 0 Å². The number of thiazole rings is 1. The highest BCUT2D eigenvalue weighted by atomic mass is 32.1. The Morgan fingerprint density at radius 1 is 1.14 bits per heavy atom.